The Morgan fingerprint density at radius 2 is 2.57 bits per heavy atom. The molecule has 0 aromatic heterocycles. The van der Waals surface area contributed by atoms with Gasteiger partial charge in [0.25, 0.3) is 0 Å². The van der Waals surface area contributed by atoms with Crippen LogP contribution in [-0.4, -0.2) is 17.8 Å². The lowest BCUT2D eigenvalue weighted by Crippen LogP contribution is -2.23. The van der Waals surface area contributed by atoms with Crippen LogP contribution in [0.25, 0.3) is 0 Å². The van der Waals surface area contributed by atoms with E-state index in [1.165, 1.54) is 0 Å². The van der Waals surface area contributed by atoms with E-state index in [1.54, 1.807) is 6.92 Å². The average molecular weight is 104 g/mol. The summed E-state index contributed by atoms with van der Waals surface area (Å²) in [6.07, 6.45) is 0. The first-order valence-corrected chi connectivity index (χ1v) is 2.00. The molecular formula is C3H8N2O2. The maximum Gasteiger partial charge on any atom is 0.0674 e. The molecule has 0 heterocycles. The van der Waals surface area contributed by atoms with Crippen LogP contribution in [0, 0.1) is 4.91 Å². The molecule has 0 aromatic carbocycles. The fraction of sp³-hybridized carbons (Fsp3) is 1.00. The van der Waals surface area contributed by atoms with Crippen molar-refractivity contribution in [3.63, 3.8) is 0 Å². The van der Waals surface area contributed by atoms with Gasteiger partial charge in [-0.05, 0) is 6.92 Å². The number of rotatable bonds is 3. The SMILES string of the molecule is CC(CO)NN=O. The first-order chi connectivity index (χ1) is 3.31. The largest absolute Gasteiger partial charge is 0.394 e. The van der Waals surface area contributed by atoms with Gasteiger partial charge in [-0.15, -0.1) is 4.91 Å². The molecule has 0 aliphatic rings. The summed E-state index contributed by atoms with van der Waals surface area (Å²) in [5.74, 6) is 0. The van der Waals surface area contributed by atoms with E-state index >= 15 is 0 Å². The van der Waals surface area contributed by atoms with E-state index < -0.39 is 0 Å². The predicted molar refractivity (Wildman–Crippen MR) is 25.5 cm³/mol. The summed E-state index contributed by atoms with van der Waals surface area (Å²) < 4.78 is 0. The fourth-order valence-electron chi connectivity index (χ4n) is 0.131. The van der Waals surface area contributed by atoms with E-state index in [2.05, 4.69) is 10.7 Å². The van der Waals surface area contributed by atoms with E-state index in [0.717, 1.165) is 0 Å². The standard InChI is InChI=1S/C3H8N2O2/c1-3(2-6)4-5-7/h3,6H,2H2,1H3,(H,4,7). The Hall–Kier alpha value is -0.640. The molecule has 0 radical (unpaired) electrons. The molecule has 0 spiro atoms. The van der Waals surface area contributed by atoms with Crippen molar-refractivity contribution >= 4 is 0 Å². The second-order valence-corrected chi connectivity index (χ2v) is 1.30. The van der Waals surface area contributed by atoms with Gasteiger partial charge in [0.15, 0.2) is 0 Å². The summed E-state index contributed by atoms with van der Waals surface area (Å²) in [7, 11) is 0. The molecule has 0 aliphatic carbocycles. The zero-order chi connectivity index (χ0) is 5.70. The minimum atomic E-state index is -0.225. The van der Waals surface area contributed by atoms with Crippen LogP contribution >= 0.6 is 0 Å². The summed E-state index contributed by atoms with van der Waals surface area (Å²) in [5.41, 5.74) is 2.11. The molecule has 0 saturated heterocycles. The number of nitroso groups, excluding NO2 is 1. The van der Waals surface area contributed by atoms with Crippen molar-refractivity contribution < 1.29 is 5.11 Å². The molecule has 4 nitrogen and oxygen atoms in total. The summed E-state index contributed by atoms with van der Waals surface area (Å²) in [4.78, 5) is 9.30. The van der Waals surface area contributed by atoms with Crippen LogP contribution in [-0.2, 0) is 0 Å². The summed E-state index contributed by atoms with van der Waals surface area (Å²) >= 11 is 0. The van der Waals surface area contributed by atoms with Gasteiger partial charge in [-0.1, -0.05) is 0 Å². The van der Waals surface area contributed by atoms with Gasteiger partial charge in [0, 0.05) is 5.29 Å². The normalized spacial score (nSPS) is 12.9. The molecule has 0 fully saturated rings. The third-order valence-corrected chi connectivity index (χ3v) is 0.547. The highest BCUT2D eigenvalue weighted by Crippen LogP contribution is 1.73. The number of aliphatic hydroxyl groups is 1. The molecule has 0 amide bonds. The first-order valence-electron chi connectivity index (χ1n) is 2.00. The third kappa shape index (κ3) is 3.18. The Morgan fingerprint density at radius 3 is 2.71 bits per heavy atom. The van der Waals surface area contributed by atoms with Crippen LogP contribution in [0.2, 0.25) is 0 Å². The zero-order valence-electron chi connectivity index (χ0n) is 4.09. The second-order valence-electron chi connectivity index (χ2n) is 1.30. The number of nitrogens with zero attached hydrogens (tertiary/aromatic N) is 1. The lowest BCUT2D eigenvalue weighted by atomic mass is 10.4. The van der Waals surface area contributed by atoms with Crippen LogP contribution in [0.4, 0.5) is 0 Å². The maximum absolute atomic E-state index is 9.30. The highest BCUT2D eigenvalue weighted by molar-refractivity contribution is 4.50. The maximum atomic E-state index is 9.30. The molecule has 0 bridgehead atoms. The van der Waals surface area contributed by atoms with E-state index in [0.29, 0.717) is 0 Å². The molecule has 42 valence electrons. The molecule has 4 heteroatoms. The van der Waals surface area contributed by atoms with Crippen LogP contribution in [0.15, 0.2) is 5.29 Å². The van der Waals surface area contributed by atoms with Gasteiger partial charge < -0.3 is 5.11 Å². The van der Waals surface area contributed by atoms with Crippen LogP contribution in [0.1, 0.15) is 6.92 Å². The highest BCUT2D eigenvalue weighted by Gasteiger charge is 1.92. The van der Waals surface area contributed by atoms with Crippen molar-refractivity contribution in [2.75, 3.05) is 6.61 Å². The van der Waals surface area contributed by atoms with Crippen molar-refractivity contribution in [3.05, 3.63) is 4.91 Å². The quantitative estimate of drug-likeness (QED) is 0.379. The smallest absolute Gasteiger partial charge is 0.0674 e. The van der Waals surface area contributed by atoms with Gasteiger partial charge >= 0.3 is 0 Å². The lowest BCUT2D eigenvalue weighted by Gasteiger charge is -2.00. The van der Waals surface area contributed by atoms with Gasteiger partial charge in [0.05, 0.1) is 12.6 Å². The Kier molecular flexibility index (Phi) is 3.22. The second kappa shape index (κ2) is 3.55. The van der Waals surface area contributed by atoms with Crippen molar-refractivity contribution in [3.8, 4) is 0 Å². The Morgan fingerprint density at radius 1 is 2.00 bits per heavy atom. The Bertz CT molecular complexity index is 56.9. The summed E-state index contributed by atoms with van der Waals surface area (Å²) in [5, 5.41) is 10.6. The van der Waals surface area contributed by atoms with Crippen molar-refractivity contribution in [1.82, 2.24) is 5.43 Å². The number of nitrogens with one attached hydrogen (secondary N) is 1. The molecule has 0 aliphatic heterocycles. The van der Waals surface area contributed by atoms with E-state index in [4.69, 9.17) is 5.11 Å². The highest BCUT2D eigenvalue weighted by atomic mass is 16.3. The minimum Gasteiger partial charge on any atom is -0.394 e. The minimum absolute atomic E-state index is 0.0637. The van der Waals surface area contributed by atoms with Gasteiger partial charge in [0.2, 0.25) is 0 Å². The molecule has 1 unspecified atom stereocenters. The third-order valence-electron chi connectivity index (χ3n) is 0.547. The molecule has 0 aromatic rings. The van der Waals surface area contributed by atoms with E-state index in [9.17, 15) is 4.91 Å². The molecule has 0 rings (SSSR count). The zero-order valence-corrected chi connectivity index (χ0v) is 4.09. The van der Waals surface area contributed by atoms with Gasteiger partial charge in [-0.25, -0.2) is 0 Å². The predicted octanol–water partition coefficient (Wildman–Crippen LogP) is -0.362. The molecular weight excluding hydrogens is 96.0 g/mol. The molecule has 1 atom stereocenters. The van der Waals surface area contributed by atoms with E-state index in [1.807, 2.05) is 0 Å². The molecule has 0 saturated carbocycles. The Balaban J connectivity index is 2.98. The topological polar surface area (TPSA) is 61.7 Å². The average Bonchev–Trinajstić information content (AvgIpc) is 1.68. The van der Waals surface area contributed by atoms with Gasteiger partial charge in [0.1, 0.15) is 0 Å². The fourth-order valence-corrected chi connectivity index (χ4v) is 0.131. The van der Waals surface area contributed by atoms with Gasteiger partial charge in [-0.2, -0.15) is 0 Å². The number of hydrogen-bond donors (Lipinski definition) is 2. The summed E-state index contributed by atoms with van der Waals surface area (Å²) in [6, 6.07) is -0.225. The van der Waals surface area contributed by atoms with Crippen molar-refractivity contribution in [1.29, 1.82) is 0 Å². The number of hydrogen-bond acceptors (Lipinski definition) is 3. The first kappa shape index (κ1) is 6.36. The lowest BCUT2D eigenvalue weighted by molar-refractivity contribution is 0.253. The van der Waals surface area contributed by atoms with Gasteiger partial charge in [-0.3, -0.25) is 5.43 Å². The molecule has 2 N–H and O–H groups in total. The number of aliphatic hydroxyl groups excluding tert-OH is 1. The van der Waals surface area contributed by atoms with Crippen LogP contribution in [0.5, 0.6) is 0 Å². The van der Waals surface area contributed by atoms with Crippen LogP contribution in [0.3, 0.4) is 0 Å². The molecule has 7 heavy (non-hydrogen) atoms. The van der Waals surface area contributed by atoms with Crippen molar-refractivity contribution in [2.24, 2.45) is 5.29 Å². The monoisotopic (exact) mass is 104 g/mol. The van der Waals surface area contributed by atoms with E-state index in [-0.39, 0.29) is 12.6 Å². The van der Waals surface area contributed by atoms with Crippen LogP contribution < -0.4 is 5.43 Å². The Labute approximate surface area is 41.5 Å². The van der Waals surface area contributed by atoms with Crippen molar-refractivity contribution in [2.45, 2.75) is 13.0 Å². The summed E-state index contributed by atoms with van der Waals surface area (Å²) in [6.45, 7) is 1.59.